The van der Waals surface area contributed by atoms with Crippen LogP contribution < -0.4 is 5.32 Å². The van der Waals surface area contributed by atoms with E-state index in [0.717, 1.165) is 0 Å². The lowest BCUT2D eigenvalue weighted by Crippen LogP contribution is -2.27. The van der Waals surface area contributed by atoms with Crippen molar-refractivity contribution in [2.75, 3.05) is 0 Å². The van der Waals surface area contributed by atoms with Gasteiger partial charge in [-0.3, -0.25) is 4.79 Å². The molecule has 0 radical (unpaired) electrons. The molecule has 0 bridgehead atoms. The van der Waals surface area contributed by atoms with Crippen LogP contribution in [0, 0.1) is 11.6 Å². The third kappa shape index (κ3) is 2.99. The van der Waals surface area contributed by atoms with Crippen LogP contribution in [0.4, 0.5) is 8.78 Å². The molecule has 0 saturated carbocycles. The Labute approximate surface area is 121 Å². The van der Waals surface area contributed by atoms with E-state index in [1.165, 1.54) is 30.3 Å². The molecule has 3 rings (SSSR count). The van der Waals surface area contributed by atoms with Crippen LogP contribution >= 0.6 is 0 Å². The number of carbonyl (C=O) groups excluding carboxylic acids is 1. The zero-order chi connectivity index (χ0) is 14.8. The van der Waals surface area contributed by atoms with Crippen molar-refractivity contribution in [1.29, 1.82) is 0 Å². The molecule has 0 saturated heterocycles. The van der Waals surface area contributed by atoms with E-state index in [-0.39, 0.29) is 29.9 Å². The molecule has 1 aliphatic heterocycles. The number of hydrogen-bond donors (Lipinski definition) is 1. The predicted octanol–water partition coefficient (Wildman–Crippen LogP) is 3.61. The average molecular weight is 285 g/mol. The molecule has 0 amide bonds. The summed E-state index contributed by atoms with van der Waals surface area (Å²) in [6.45, 7) is 0. The van der Waals surface area contributed by atoms with Gasteiger partial charge in [-0.05, 0) is 29.8 Å². The molecule has 106 valence electrons. The highest BCUT2D eigenvalue weighted by atomic mass is 19.1. The summed E-state index contributed by atoms with van der Waals surface area (Å²) >= 11 is 0. The maximum absolute atomic E-state index is 13.3. The first-order valence-electron chi connectivity index (χ1n) is 6.64. The van der Waals surface area contributed by atoms with Gasteiger partial charge in [-0.15, -0.1) is 0 Å². The van der Waals surface area contributed by atoms with Crippen molar-refractivity contribution < 1.29 is 13.6 Å². The number of nitrogens with one attached hydrogen (secondary N) is 1. The molecule has 1 aliphatic rings. The van der Waals surface area contributed by atoms with Crippen molar-refractivity contribution in [1.82, 2.24) is 5.32 Å². The van der Waals surface area contributed by atoms with Crippen molar-refractivity contribution in [3.8, 4) is 0 Å². The molecule has 0 aliphatic carbocycles. The largest absolute Gasteiger partial charge is 0.377 e. The zero-order valence-electron chi connectivity index (χ0n) is 11.1. The summed E-state index contributed by atoms with van der Waals surface area (Å²) in [5, 5.41) is 3.18. The van der Waals surface area contributed by atoms with Gasteiger partial charge in [0.15, 0.2) is 5.78 Å². The van der Waals surface area contributed by atoms with Gasteiger partial charge >= 0.3 is 0 Å². The van der Waals surface area contributed by atoms with Crippen molar-refractivity contribution in [3.63, 3.8) is 0 Å². The molecule has 21 heavy (non-hydrogen) atoms. The Balaban J connectivity index is 1.92. The van der Waals surface area contributed by atoms with Crippen LogP contribution in [-0.4, -0.2) is 5.78 Å². The number of halogens is 2. The summed E-state index contributed by atoms with van der Waals surface area (Å²) in [5.41, 5.74) is 1.86. The Morgan fingerprint density at radius 3 is 2.43 bits per heavy atom. The molecule has 0 unspecified atom stereocenters. The van der Waals surface area contributed by atoms with Crippen molar-refractivity contribution in [2.24, 2.45) is 0 Å². The van der Waals surface area contributed by atoms with E-state index in [4.69, 9.17) is 0 Å². The highest BCUT2D eigenvalue weighted by molar-refractivity contribution is 5.98. The second-order valence-corrected chi connectivity index (χ2v) is 4.99. The fraction of sp³-hybridized carbons (Fsp3) is 0.118. The van der Waals surface area contributed by atoms with Gasteiger partial charge in [0.2, 0.25) is 0 Å². The quantitative estimate of drug-likeness (QED) is 0.913. The number of rotatable bonds is 2. The molecular formula is C17H13F2NO. The van der Waals surface area contributed by atoms with Crippen molar-refractivity contribution in [3.05, 3.63) is 77.4 Å². The van der Waals surface area contributed by atoms with Crippen LogP contribution in [0.5, 0.6) is 0 Å². The first-order valence-corrected chi connectivity index (χ1v) is 6.64. The Bertz CT molecular complexity index is 724. The number of ketones is 1. The molecule has 1 atom stereocenters. The molecule has 1 N–H and O–H groups in total. The van der Waals surface area contributed by atoms with Crippen LogP contribution in [0.15, 0.2) is 54.6 Å². The van der Waals surface area contributed by atoms with E-state index < -0.39 is 0 Å². The maximum Gasteiger partial charge on any atom is 0.160 e. The Morgan fingerprint density at radius 1 is 1.00 bits per heavy atom. The highest BCUT2D eigenvalue weighted by Gasteiger charge is 2.22. The SMILES string of the molecule is O=C1C=C(c2cccc(F)c2)N[C@H](c2cccc(F)c2)C1. The van der Waals surface area contributed by atoms with E-state index in [1.807, 2.05) is 0 Å². The van der Waals surface area contributed by atoms with Gasteiger partial charge in [-0.2, -0.15) is 0 Å². The summed E-state index contributed by atoms with van der Waals surface area (Å²) in [5.74, 6) is -0.776. The Hall–Kier alpha value is -2.49. The lowest BCUT2D eigenvalue weighted by molar-refractivity contribution is -0.115. The molecule has 0 aromatic heterocycles. The Morgan fingerprint density at radius 2 is 1.71 bits per heavy atom. The second-order valence-electron chi connectivity index (χ2n) is 4.99. The summed E-state index contributed by atoms with van der Waals surface area (Å²) in [6, 6.07) is 11.8. The van der Waals surface area contributed by atoms with Gasteiger partial charge in [0.1, 0.15) is 11.6 Å². The van der Waals surface area contributed by atoms with E-state index in [0.29, 0.717) is 16.8 Å². The molecule has 4 heteroatoms. The summed E-state index contributed by atoms with van der Waals surface area (Å²) in [4.78, 5) is 11.9. The lowest BCUT2D eigenvalue weighted by Gasteiger charge is -2.25. The molecule has 2 nitrogen and oxygen atoms in total. The van der Waals surface area contributed by atoms with Gasteiger partial charge in [-0.1, -0.05) is 24.3 Å². The minimum Gasteiger partial charge on any atom is -0.377 e. The first kappa shape index (κ1) is 13.5. The van der Waals surface area contributed by atoms with Gasteiger partial charge in [0.05, 0.1) is 6.04 Å². The highest BCUT2D eigenvalue weighted by Crippen LogP contribution is 2.27. The van der Waals surface area contributed by atoms with Gasteiger partial charge in [-0.25, -0.2) is 8.78 Å². The van der Waals surface area contributed by atoms with Crippen LogP contribution in [0.25, 0.3) is 5.70 Å². The molecule has 0 fully saturated rings. The van der Waals surface area contributed by atoms with E-state index in [9.17, 15) is 13.6 Å². The standard InChI is InChI=1S/C17H13F2NO/c18-13-5-1-3-11(7-13)16-9-15(21)10-17(20-16)12-4-2-6-14(19)8-12/h1-9,17,20H,10H2/t17-/m0/s1. The van der Waals surface area contributed by atoms with Crippen molar-refractivity contribution in [2.45, 2.75) is 12.5 Å². The smallest absolute Gasteiger partial charge is 0.160 e. The summed E-state index contributed by atoms with van der Waals surface area (Å²) < 4.78 is 26.6. The molecule has 2 aromatic rings. The molecule has 2 aromatic carbocycles. The zero-order valence-corrected chi connectivity index (χ0v) is 11.1. The van der Waals surface area contributed by atoms with Gasteiger partial charge in [0.25, 0.3) is 0 Å². The monoisotopic (exact) mass is 285 g/mol. The molecular weight excluding hydrogens is 272 g/mol. The molecule has 0 spiro atoms. The summed E-state index contributed by atoms with van der Waals surface area (Å²) in [7, 11) is 0. The second kappa shape index (κ2) is 5.48. The number of hydrogen-bond acceptors (Lipinski definition) is 2. The van der Waals surface area contributed by atoms with E-state index >= 15 is 0 Å². The topological polar surface area (TPSA) is 29.1 Å². The van der Waals surface area contributed by atoms with Crippen LogP contribution in [0.1, 0.15) is 23.6 Å². The van der Waals surface area contributed by atoms with Crippen LogP contribution in [0.3, 0.4) is 0 Å². The maximum atomic E-state index is 13.3. The fourth-order valence-electron chi connectivity index (χ4n) is 2.45. The van der Waals surface area contributed by atoms with E-state index in [2.05, 4.69) is 5.32 Å². The molecule has 1 heterocycles. The number of allylic oxidation sites excluding steroid dienone is 1. The summed E-state index contributed by atoms with van der Waals surface area (Å²) in [6.07, 6.45) is 1.72. The van der Waals surface area contributed by atoms with Crippen LogP contribution in [0.2, 0.25) is 0 Å². The van der Waals surface area contributed by atoms with Crippen LogP contribution in [-0.2, 0) is 4.79 Å². The van der Waals surface area contributed by atoms with Gasteiger partial charge in [0, 0.05) is 23.8 Å². The predicted molar refractivity (Wildman–Crippen MR) is 76.3 cm³/mol. The van der Waals surface area contributed by atoms with Gasteiger partial charge < -0.3 is 5.32 Å². The number of benzene rings is 2. The fourth-order valence-corrected chi connectivity index (χ4v) is 2.45. The number of carbonyl (C=O) groups is 1. The third-order valence-corrected chi connectivity index (χ3v) is 3.43. The van der Waals surface area contributed by atoms with Crippen molar-refractivity contribution >= 4 is 11.5 Å². The lowest BCUT2D eigenvalue weighted by atomic mass is 9.95. The van der Waals surface area contributed by atoms with E-state index in [1.54, 1.807) is 24.3 Å². The average Bonchev–Trinajstić information content (AvgIpc) is 2.46. The minimum atomic E-state index is -0.365. The normalized spacial score (nSPS) is 18.1. The first-order chi connectivity index (χ1) is 10.1. The third-order valence-electron chi connectivity index (χ3n) is 3.43. The Kier molecular flexibility index (Phi) is 3.52. The minimum absolute atomic E-state index is 0.0673.